The number of carboxylic acids is 1. The zero-order valence-electron chi connectivity index (χ0n) is 7.65. The average molecular weight is 186 g/mol. The van der Waals surface area contributed by atoms with Crippen molar-refractivity contribution in [2.24, 2.45) is 17.6 Å². The molecule has 5 heteroatoms. The second-order valence-electron chi connectivity index (χ2n) is 3.55. The maximum atomic E-state index is 11.0. The largest absolute Gasteiger partial charge is 0.481 e. The van der Waals surface area contributed by atoms with Gasteiger partial charge in [0.15, 0.2) is 0 Å². The molecule has 4 atom stereocenters. The summed E-state index contributed by atoms with van der Waals surface area (Å²) in [6, 6.07) is -0.606. The third kappa shape index (κ3) is 1.65. The molecule has 0 aromatic rings. The van der Waals surface area contributed by atoms with Gasteiger partial charge in [-0.1, -0.05) is 0 Å². The highest BCUT2D eigenvalue weighted by Crippen LogP contribution is 2.24. The van der Waals surface area contributed by atoms with Crippen LogP contribution in [0.3, 0.4) is 0 Å². The Hall–Kier alpha value is -1.10. The Bertz CT molecular complexity index is 240. The summed E-state index contributed by atoms with van der Waals surface area (Å²) in [4.78, 5) is 21.6. The minimum absolute atomic E-state index is 0.145. The van der Waals surface area contributed by atoms with E-state index < -0.39 is 11.9 Å². The van der Waals surface area contributed by atoms with Gasteiger partial charge >= 0.3 is 5.97 Å². The van der Waals surface area contributed by atoms with Crippen molar-refractivity contribution in [3.8, 4) is 0 Å². The Morgan fingerprint density at radius 1 is 1.62 bits per heavy atom. The Morgan fingerprint density at radius 3 is 2.46 bits per heavy atom. The zero-order chi connectivity index (χ0) is 10.2. The van der Waals surface area contributed by atoms with E-state index in [4.69, 9.17) is 10.8 Å². The number of rotatable bonds is 3. The molecule has 1 heterocycles. The molecule has 4 N–H and O–H groups in total. The molecule has 1 rings (SSSR count). The lowest BCUT2D eigenvalue weighted by Crippen LogP contribution is -2.66. The first-order chi connectivity index (χ1) is 5.95. The van der Waals surface area contributed by atoms with Crippen LogP contribution in [0.4, 0.5) is 0 Å². The minimum atomic E-state index is -0.907. The van der Waals surface area contributed by atoms with E-state index in [0.29, 0.717) is 0 Å². The van der Waals surface area contributed by atoms with Crippen LogP contribution in [0.5, 0.6) is 0 Å². The van der Waals surface area contributed by atoms with Crippen LogP contribution in [0.2, 0.25) is 0 Å². The standard InChI is InChI=1S/C8H14N2O3/c1-3(8(12)13)6-5(4(2)9)7(11)10-6/h3-6H,9H2,1-2H3,(H,10,11)(H,12,13)/t3?,4-,5-,6-/m1/s1. The lowest BCUT2D eigenvalue weighted by molar-refractivity contribution is -0.148. The van der Waals surface area contributed by atoms with Gasteiger partial charge in [0.25, 0.3) is 0 Å². The van der Waals surface area contributed by atoms with Crippen LogP contribution in [0.25, 0.3) is 0 Å². The molecule has 1 aliphatic heterocycles. The third-order valence-corrected chi connectivity index (χ3v) is 2.49. The Balaban J connectivity index is 2.64. The molecule has 1 saturated heterocycles. The van der Waals surface area contributed by atoms with Crippen LogP contribution in [0.15, 0.2) is 0 Å². The number of nitrogens with two attached hydrogens (primary N) is 1. The van der Waals surface area contributed by atoms with Gasteiger partial charge in [-0.3, -0.25) is 9.59 Å². The number of carbonyl (C=O) groups is 2. The van der Waals surface area contributed by atoms with Crippen molar-refractivity contribution in [1.82, 2.24) is 5.32 Å². The molecule has 0 saturated carbocycles. The van der Waals surface area contributed by atoms with E-state index in [9.17, 15) is 9.59 Å². The van der Waals surface area contributed by atoms with Crippen molar-refractivity contribution < 1.29 is 14.7 Å². The van der Waals surface area contributed by atoms with Crippen LogP contribution >= 0.6 is 0 Å². The van der Waals surface area contributed by atoms with Crippen molar-refractivity contribution in [2.45, 2.75) is 25.9 Å². The monoisotopic (exact) mass is 186 g/mol. The van der Waals surface area contributed by atoms with Gasteiger partial charge in [-0.05, 0) is 13.8 Å². The molecule has 0 aromatic heterocycles. The molecule has 0 aliphatic carbocycles. The summed E-state index contributed by atoms with van der Waals surface area (Å²) in [7, 11) is 0. The van der Waals surface area contributed by atoms with E-state index in [-0.39, 0.29) is 23.9 Å². The predicted octanol–water partition coefficient (Wildman–Crippen LogP) is -0.831. The second kappa shape index (κ2) is 3.33. The van der Waals surface area contributed by atoms with E-state index in [2.05, 4.69) is 5.32 Å². The van der Waals surface area contributed by atoms with Crippen LogP contribution in [-0.4, -0.2) is 29.1 Å². The summed E-state index contributed by atoms with van der Waals surface area (Å²) in [6.45, 7) is 3.28. The molecular formula is C8H14N2O3. The molecule has 0 bridgehead atoms. The highest BCUT2D eigenvalue weighted by atomic mass is 16.4. The summed E-state index contributed by atoms with van der Waals surface area (Å²) in [5.74, 6) is -1.98. The van der Waals surface area contributed by atoms with Crippen LogP contribution in [0, 0.1) is 11.8 Å². The molecule has 0 aromatic carbocycles. The molecule has 1 aliphatic rings. The first kappa shape index (κ1) is 9.98. The molecule has 13 heavy (non-hydrogen) atoms. The fourth-order valence-corrected chi connectivity index (χ4v) is 1.57. The summed E-state index contributed by atoms with van der Waals surface area (Å²) in [5, 5.41) is 11.3. The zero-order valence-corrected chi connectivity index (χ0v) is 7.65. The van der Waals surface area contributed by atoms with Gasteiger partial charge in [0.2, 0.25) is 5.91 Å². The van der Waals surface area contributed by atoms with E-state index in [1.165, 1.54) is 0 Å². The normalized spacial score (nSPS) is 31.5. The van der Waals surface area contributed by atoms with Crippen molar-refractivity contribution >= 4 is 11.9 Å². The molecule has 5 nitrogen and oxygen atoms in total. The Morgan fingerprint density at radius 2 is 2.15 bits per heavy atom. The Labute approximate surface area is 76.3 Å². The summed E-state index contributed by atoms with van der Waals surface area (Å²) in [6.07, 6.45) is 0. The van der Waals surface area contributed by atoms with Gasteiger partial charge in [0.1, 0.15) is 0 Å². The fourth-order valence-electron chi connectivity index (χ4n) is 1.57. The summed E-state index contributed by atoms with van der Waals surface area (Å²) >= 11 is 0. The molecule has 74 valence electrons. The number of carboxylic acid groups (broad SMARTS) is 1. The highest BCUT2D eigenvalue weighted by Gasteiger charge is 2.46. The molecular weight excluding hydrogens is 172 g/mol. The molecule has 1 unspecified atom stereocenters. The number of hydrogen-bond acceptors (Lipinski definition) is 3. The maximum Gasteiger partial charge on any atom is 0.308 e. The van der Waals surface area contributed by atoms with Crippen molar-refractivity contribution in [2.75, 3.05) is 0 Å². The number of amides is 1. The molecule has 0 spiro atoms. The average Bonchev–Trinajstić information content (AvgIpc) is 1.97. The lowest BCUT2D eigenvalue weighted by atomic mass is 9.78. The van der Waals surface area contributed by atoms with Crippen molar-refractivity contribution in [1.29, 1.82) is 0 Å². The van der Waals surface area contributed by atoms with E-state index >= 15 is 0 Å². The van der Waals surface area contributed by atoms with Crippen molar-refractivity contribution in [3.05, 3.63) is 0 Å². The highest BCUT2D eigenvalue weighted by molar-refractivity contribution is 5.88. The lowest BCUT2D eigenvalue weighted by Gasteiger charge is -2.41. The maximum absolute atomic E-state index is 11.0. The summed E-state index contributed by atoms with van der Waals surface area (Å²) < 4.78 is 0. The van der Waals surface area contributed by atoms with Crippen LogP contribution in [0.1, 0.15) is 13.8 Å². The Kier molecular flexibility index (Phi) is 2.56. The number of β-lactam (4-membered cyclic amide) rings is 1. The minimum Gasteiger partial charge on any atom is -0.481 e. The molecule has 0 radical (unpaired) electrons. The fraction of sp³-hybridized carbons (Fsp3) is 0.750. The first-order valence-corrected chi connectivity index (χ1v) is 4.24. The van der Waals surface area contributed by atoms with Crippen molar-refractivity contribution in [3.63, 3.8) is 0 Å². The topological polar surface area (TPSA) is 92.4 Å². The SMILES string of the molecule is CC(C(=O)O)[C@H]1NC(=O)[C@@H]1[C@@H](C)N. The molecule has 1 amide bonds. The summed E-state index contributed by atoms with van der Waals surface area (Å²) in [5.41, 5.74) is 5.56. The number of hydrogen-bond donors (Lipinski definition) is 3. The van der Waals surface area contributed by atoms with Gasteiger partial charge < -0.3 is 16.2 Å². The first-order valence-electron chi connectivity index (χ1n) is 4.24. The van der Waals surface area contributed by atoms with Gasteiger partial charge in [0.05, 0.1) is 17.9 Å². The van der Waals surface area contributed by atoms with Gasteiger partial charge in [-0.15, -0.1) is 0 Å². The number of carbonyl (C=O) groups excluding carboxylic acids is 1. The van der Waals surface area contributed by atoms with Gasteiger partial charge in [-0.25, -0.2) is 0 Å². The number of nitrogens with one attached hydrogen (secondary N) is 1. The van der Waals surface area contributed by atoms with E-state index in [0.717, 1.165) is 0 Å². The molecule has 1 fully saturated rings. The second-order valence-corrected chi connectivity index (χ2v) is 3.55. The quantitative estimate of drug-likeness (QED) is 0.501. The van der Waals surface area contributed by atoms with E-state index in [1.807, 2.05) is 0 Å². The van der Waals surface area contributed by atoms with Crippen LogP contribution < -0.4 is 11.1 Å². The third-order valence-electron chi connectivity index (χ3n) is 2.49. The van der Waals surface area contributed by atoms with Gasteiger partial charge in [-0.2, -0.15) is 0 Å². The number of aliphatic carboxylic acids is 1. The van der Waals surface area contributed by atoms with E-state index in [1.54, 1.807) is 13.8 Å². The smallest absolute Gasteiger partial charge is 0.308 e. The van der Waals surface area contributed by atoms with Crippen LogP contribution in [-0.2, 0) is 9.59 Å². The predicted molar refractivity (Wildman–Crippen MR) is 45.9 cm³/mol. The van der Waals surface area contributed by atoms with Gasteiger partial charge in [0, 0.05) is 6.04 Å².